The summed E-state index contributed by atoms with van der Waals surface area (Å²) in [5.74, 6) is -0.825. The number of benzene rings is 2. The number of amides is 1. The van der Waals surface area contributed by atoms with Crippen LogP contribution in [0.4, 0.5) is 4.39 Å². The maximum absolute atomic E-state index is 13.0. The first kappa shape index (κ1) is 17.3. The maximum Gasteiger partial charge on any atom is 0.337 e. The third-order valence-electron chi connectivity index (χ3n) is 3.56. The molecule has 0 atom stereocenters. The molecule has 0 aliphatic rings. The first-order valence-corrected chi connectivity index (χ1v) is 8.51. The summed E-state index contributed by atoms with van der Waals surface area (Å²) in [5.41, 5.74) is 1.50. The molecule has 0 radical (unpaired) electrons. The number of aryl methyl sites for hydroxylation is 1. The molecule has 5 nitrogen and oxygen atoms in total. The van der Waals surface area contributed by atoms with Gasteiger partial charge in [-0.1, -0.05) is 23.7 Å². The monoisotopic (exact) mass is 377 g/mol. The molecule has 0 fully saturated rings. The lowest BCUT2D eigenvalue weighted by Gasteiger charge is -2.02. The van der Waals surface area contributed by atoms with Crippen LogP contribution in [0.25, 0.3) is 0 Å². The largest absolute Gasteiger partial charge is 0.337 e. The topological polar surface area (TPSA) is 67.2 Å². The van der Waals surface area contributed by atoms with Gasteiger partial charge < -0.3 is 0 Å². The van der Waals surface area contributed by atoms with Crippen LogP contribution in [0.5, 0.6) is 0 Å². The van der Waals surface area contributed by atoms with Gasteiger partial charge in [0.05, 0.1) is 6.54 Å². The minimum Gasteiger partial charge on any atom is -0.267 e. The third-order valence-corrected chi connectivity index (χ3v) is 4.76. The van der Waals surface area contributed by atoms with Gasteiger partial charge in [-0.3, -0.25) is 13.7 Å². The number of hydrogen-bond donors (Lipinski definition) is 1. The molecule has 0 aliphatic heterocycles. The number of aromatic amines is 1. The van der Waals surface area contributed by atoms with Crippen LogP contribution in [0, 0.1) is 12.7 Å². The summed E-state index contributed by atoms with van der Waals surface area (Å²) in [4.78, 5) is 28.6. The van der Waals surface area contributed by atoms with Crippen LogP contribution in [-0.4, -0.2) is 14.8 Å². The number of hydrogen-bond acceptors (Lipinski definition) is 3. The number of halogens is 2. The number of rotatable bonds is 3. The van der Waals surface area contributed by atoms with Gasteiger partial charge in [0.1, 0.15) is 5.82 Å². The Kier molecular flexibility index (Phi) is 4.96. The molecule has 3 rings (SSSR count). The number of nitrogens with zero attached hydrogens (tertiary/aromatic N) is 2. The van der Waals surface area contributed by atoms with Crippen molar-refractivity contribution in [2.24, 2.45) is 4.99 Å². The molecule has 0 unspecified atom stereocenters. The molecule has 8 heteroatoms. The second kappa shape index (κ2) is 7.16. The van der Waals surface area contributed by atoms with Crippen LogP contribution in [0.1, 0.15) is 21.5 Å². The predicted molar refractivity (Wildman–Crippen MR) is 94.5 cm³/mol. The summed E-state index contributed by atoms with van der Waals surface area (Å²) in [6.45, 7) is 1.98. The zero-order valence-electron chi connectivity index (χ0n) is 13.1. The van der Waals surface area contributed by atoms with Crippen molar-refractivity contribution >= 4 is 29.0 Å². The van der Waals surface area contributed by atoms with Gasteiger partial charge in [0.25, 0.3) is 5.91 Å². The smallest absolute Gasteiger partial charge is 0.267 e. The fourth-order valence-corrected chi connectivity index (χ4v) is 3.00. The highest BCUT2D eigenvalue weighted by Crippen LogP contribution is 2.16. The quantitative estimate of drug-likeness (QED) is 0.762. The Hall–Kier alpha value is -2.51. The number of nitrogens with one attached hydrogen (secondary N) is 1. The van der Waals surface area contributed by atoms with Crippen LogP contribution in [0.2, 0.25) is 5.02 Å². The van der Waals surface area contributed by atoms with Gasteiger partial charge in [0.15, 0.2) is 0 Å². The fourth-order valence-electron chi connectivity index (χ4n) is 2.21. The number of carbonyl (C=O) groups is 1. The highest BCUT2D eigenvalue weighted by molar-refractivity contribution is 7.02. The van der Waals surface area contributed by atoms with E-state index >= 15 is 0 Å². The highest BCUT2D eigenvalue weighted by Gasteiger charge is 2.09. The van der Waals surface area contributed by atoms with Gasteiger partial charge in [-0.2, -0.15) is 4.99 Å². The molecule has 1 amide bonds. The van der Waals surface area contributed by atoms with Crippen molar-refractivity contribution in [1.82, 2.24) is 8.94 Å². The lowest BCUT2D eigenvalue weighted by atomic mass is 10.1. The summed E-state index contributed by atoms with van der Waals surface area (Å²) >= 11 is 6.93. The van der Waals surface area contributed by atoms with Gasteiger partial charge >= 0.3 is 5.69 Å². The molecule has 0 aliphatic carbocycles. The first-order valence-electron chi connectivity index (χ1n) is 7.32. The Bertz CT molecular complexity index is 1050. The summed E-state index contributed by atoms with van der Waals surface area (Å²) in [6, 6.07) is 10.6. The molecule has 128 valence electrons. The summed E-state index contributed by atoms with van der Waals surface area (Å²) in [7, 11) is 0. The summed E-state index contributed by atoms with van der Waals surface area (Å²) in [5, 5.41) is 0.564. The molecular weight excluding hydrogens is 365 g/mol. The maximum atomic E-state index is 13.0. The molecule has 1 N–H and O–H groups in total. The van der Waals surface area contributed by atoms with Gasteiger partial charge in [-0.15, -0.1) is 0 Å². The van der Waals surface area contributed by atoms with Crippen molar-refractivity contribution in [3.8, 4) is 0 Å². The van der Waals surface area contributed by atoms with Crippen LogP contribution in [0.15, 0.2) is 52.3 Å². The Morgan fingerprint density at radius 3 is 2.68 bits per heavy atom. The van der Waals surface area contributed by atoms with E-state index in [2.05, 4.69) is 9.37 Å². The number of carbonyl (C=O) groups excluding carboxylic acids is 1. The van der Waals surface area contributed by atoms with Gasteiger partial charge in [0.2, 0.25) is 4.80 Å². The Morgan fingerprint density at radius 2 is 2.00 bits per heavy atom. The SMILES string of the molecule is Cc1cc(C(=O)/N=c2\s[nH]c(=O)n2Cc2ccc(F)cc2)ccc1Cl. The second-order valence-corrected chi connectivity index (χ2v) is 6.57. The molecule has 1 aromatic heterocycles. The predicted octanol–water partition coefficient (Wildman–Crippen LogP) is 3.13. The molecule has 0 spiro atoms. The van der Waals surface area contributed by atoms with E-state index in [-0.39, 0.29) is 22.9 Å². The van der Waals surface area contributed by atoms with Crippen molar-refractivity contribution in [2.75, 3.05) is 0 Å². The van der Waals surface area contributed by atoms with Crippen molar-refractivity contribution in [3.05, 3.63) is 85.3 Å². The number of H-pyrrole nitrogens is 1. The summed E-state index contributed by atoms with van der Waals surface area (Å²) < 4.78 is 16.9. The Labute approximate surface area is 151 Å². The second-order valence-electron chi connectivity index (χ2n) is 5.39. The average molecular weight is 378 g/mol. The summed E-state index contributed by atoms with van der Waals surface area (Å²) in [6.07, 6.45) is 0. The zero-order chi connectivity index (χ0) is 18.0. The Morgan fingerprint density at radius 1 is 1.28 bits per heavy atom. The van der Waals surface area contributed by atoms with Crippen LogP contribution < -0.4 is 10.5 Å². The first-order chi connectivity index (χ1) is 11.9. The van der Waals surface area contributed by atoms with E-state index in [1.165, 1.54) is 16.7 Å². The van der Waals surface area contributed by atoms with Gasteiger partial charge in [0, 0.05) is 10.6 Å². The van der Waals surface area contributed by atoms with E-state index in [0.717, 1.165) is 22.7 Å². The molecule has 0 bridgehead atoms. The molecule has 25 heavy (non-hydrogen) atoms. The van der Waals surface area contributed by atoms with E-state index in [1.807, 2.05) is 0 Å². The van der Waals surface area contributed by atoms with Crippen molar-refractivity contribution in [1.29, 1.82) is 0 Å². The van der Waals surface area contributed by atoms with Crippen LogP contribution >= 0.6 is 23.1 Å². The van der Waals surface area contributed by atoms with E-state index < -0.39 is 5.91 Å². The fraction of sp³-hybridized carbons (Fsp3) is 0.118. The molecule has 0 saturated carbocycles. The molecule has 0 saturated heterocycles. The van der Waals surface area contributed by atoms with Crippen LogP contribution in [-0.2, 0) is 6.54 Å². The van der Waals surface area contributed by atoms with Crippen molar-refractivity contribution in [3.63, 3.8) is 0 Å². The minimum atomic E-state index is -0.470. The van der Waals surface area contributed by atoms with Gasteiger partial charge in [-0.25, -0.2) is 9.18 Å². The lowest BCUT2D eigenvalue weighted by Crippen LogP contribution is -2.28. The zero-order valence-corrected chi connectivity index (χ0v) is 14.7. The molecule has 3 aromatic rings. The Balaban J connectivity index is 1.96. The third kappa shape index (κ3) is 3.94. The lowest BCUT2D eigenvalue weighted by molar-refractivity contribution is 0.0997. The van der Waals surface area contributed by atoms with E-state index in [4.69, 9.17) is 11.6 Å². The molecular formula is C17H13ClFN3O2S. The van der Waals surface area contributed by atoms with Crippen molar-refractivity contribution < 1.29 is 9.18 Å². The standard InChI is InChI=1S/C17H13ClFN3O2S/c1-10-8-12(4-7-14(10)18)15(23)20-17-22(16(24)21-25-17)9-11-2-5-13(19)6-3-11/h2-8H,9H2,1H3,(H,21,24)/b20-17-. The minimum absolute atomic E-state index is 0.185. The van der Waals surface area contributed by atoms with Crippen LogP contribution in [0.3, 0.4) is 0 Å². The van der Waals surface area contributed by atoms with E-state index in [9.17, 15) is 14.0 Å². The highest BCUT2D eigenvalue weighted by atomic mass is 35.5. The van der Waals surface area contributed by atoms with E-state index in [1.54, 1.807) is 37.3 Å². The average Bonchev–Trinajstić information content (AvgIpc) is 2.92. The normalized spacial score (nSPS) is 11.7. The van der Waals surface area contributed by atoms with E-state index in [0.29, 0.717) is 10.6 Å². The number of aromatic nitrogens is 2. The molecule has 1 heterocycles. The van der Waals surface area contributed by atoms with Gasteiger partial charge in [-0.05, 0) is 59.9 Å². The van der Waals surface area contributed by atoms with Crippen molar-refractivity contribution in [2.45, 2.75) is 13.5 Å². The molecule has 2 aromatic carbocycles.